The lowest BCUT2D eigenvalue weighted by molar-refractivity contribution is 0.102. The minimum atomic E-state index is -0.225. The number of benzene rings is 2. The summed E-state index contributed by atoms with van der Waals surface area (Å²) in [6, 6.07) is 12.1. The number of nitrogens with two attached hydrogens (primary N) is 1. The molecule has 0 spiro atoms. The Balaban J connectivity index is 2.19. The fraction of sp³-hybridized carbons (Fsp3) is 0. The van der Waals surface area contributed by atoms with Crippen LogP contribution in [0.1, 0.15) is 10.4 Å². The molecule has 5 heteroatoms. The van der Waals surface area contributed by atoms with E-state index in [1.807, 2.05) is 24.3 Å². The Labute approximate surface area is 118 Å². The molecule has 0 aromatic heterocycles. The van der Waals surface area contributed by atoms with Gasteiger partial charge in [-0.1, -0.05) is 33.6 Å². The van der Waals surface area contributed by atoms with E-state index in [-0.39, 0.29) is 5.91 Å². The molecular weight excluding hydrogens is 316 g/mol. The predicted molar refractivity (Wildman–Crippen MR) is 78.0 cm³/mol. The van der Waals surface area contributed by atoms with Gasteiger partial charge in [-0.3, -0.25) is 4.79 Å². The summed E-state index contributed by atoms with van der Waals surface area (Å²) in [5.41, 5.74) is 7.22. The van der Waals surface area contributed by atoms with Gasteiger partial charge in [0.05, 0.1) is 10.7 Å². The van der Waals surface area contributed by atoms with E-state index >= 15 is 0 Å². The number of rotatable bonds is 2. The van der Waals surface area contributed by atoms with E-state index < -0.39 is 0 Å². The zero-order valence-corrected chi connectivity index (χ0v) is 11.6. The van der Waals surface area contributed by atoms with Crippen LogP contribution in [-0.4, -0.2) is 5.91 Å². The fourth-order valence-electron chi connectivity index (χ4n) is 1.45. The summed E-state index contributed by atoms with van der Waals surface area (Å²) in [4.78, 5) is 12.0. The maximum Gasteiger partial charge on any atom is 0.255 e. The highest BCUT2D eigenvalue weighted by Crippen LogP contribution is 2.21. The van der Waals surface area contributed by atoms with Gasteiger partial charge in [-0.2, -0.15) is 0 Å². The number of amides is 1. The number of nitrogen functional groups attached to an aromatic ring is 1. The van der Waals surface area contributed by atoms with Crippen molar-refractivity contribution in [3.8, 4) is 0 Å². The van der Waals surface area contributed by atoms with Crippen molar-refractivity contribution < 1.29 is 4.79 Å². The number of hydrogen-bond acceptors (Lipinski definition) is 2. The second kappa shape index (κ2) is 5.42. The van der Waals surface area contributed by atoms with E-state index in [1.54, 1.807) is 18.2 Å². The van der Waals surface area contributed by atoms with Crippen LogP contribution in [0.25, 0.3) is 0 Å². The molecule has 0 saturated heterocycles. The number of carbonyl (C=O) groups is 1. The van der Waals surface area contributed by atoms with E-state index in [2.05, 4.69) is 21.2 Å². The lowest BCUT2D eigenvalue weighted by atomic mass is 10.2. The maximum atomic E-state index is 12.0. The maximum absolute atomic E-state index is 12.0. The van der Waals surface area contributed by atoms with Gasteiger partial charge in [0.15, 0.2) is 0 Å². The molecule has 0 atom stereocenters. The Morgan fingerprint density at radius 2 is 2.00 bits per heavy atom. The van der Waals surface area contributed by atoms with Gasteiger partial charge in [0.1, 0.15) is 0 Å². The van der Waals surface area contributed by atoms with Crippen molar-refractivity contribution in [2.24, 2.45) is 0 Å². The van der Waals surface area contributed by atoms with Crippen molar-refractivity contribution in [1.29, 1.82) is 0 Å². The minimum Gasteiger partial charge on any atom is -0.398 e. The molecule has 0 radical (unpaired) electrons. The molecule has 0 heterocycles. The molecule has 0 aliphatic carbocycles. The Morgan fingerprint density at radius 3 is 2.67 bits per heavy atom. The third-order valence-corrected chi connectivity index (χ3v) is 3.18. The van der Waals surface area contributed by atoms with Crippen LogP contribution in [0.4, 0.5) is 11.4 Å². The molecule has 0 saturated carbocycles. The van der Waals surface area contributed by atoms with Crippen molar-refractivity contribution in [3.05, 3.63) is 57.5 Å². The van der Waals surface area contributed by atoms with Crippen molar-refractivity contribution in [1.82, 2.24) is 0 Å². The molecule has 0 aliphatic rings. The van der Waals surface area contributed by atoms with Crippen LogP contribution in [0.5, 0.6) is 0 Å². The van der Waals surface area contributed by atoms with Crippen molar-refractivity contribution in [2.75, 3.05) is 11.1 Å². The molecule has 18 heavy (non-hydrogen) atoms. The Bertz CT molecular complexity index is 601. The number of hydrogen-bond donors (Lipinski definition) is 2. The second-order valence-electron chi connectivity index (χ2n) is 3.70. The van der Waals surface area contributed by atoms with E-state index in [9.17, 15) is 4.79 Å². The summed E-state index contributed by atoms with van der Waals surface area (Å²) >= 11 is 9.14. The zero-order valence-electron chi connectivity index (χ0n) is 9.28. The smallest absolute Gasteiger partial charge is 0.255 e. The lowest BCUT2D eigenvalue weighted by Crippen LogP contribution is -2.12. The highest BCUT2D eigenvalue weighted by molar-refractivity contribution is 9.10. The molecule has 2 aromatic carbocycles. The normalized spacial score (nSPS) is 10.1. The summed E-state index contributed by atoms with van der Waals surface area (Å²) in [5.74, 6) is -0.225. The number of halogens is 2. The highest BCUT2D eigenvalue weighted by atomic mass is 79.9. The molecule has 92 valence electrons. The molecule has 0 aliphatic heterocycles. The first-order chi connectivity index (χ1) is 8.56. The summed E-state index contributed by atoms with van der Waals surface area (Å²) < 4.78 is 0.899. The highest BCUT2D eigenvalue weighted by Gasteiger charge is 2.08. The summed E-state index contributed by atoms with van der Waals surface area (Å²) in [5, 5.41) is 3.22. The fourth-order valence-corrected chi connectivity index (χ4v) is 1.97. The minimum absolute atomic E-state index is 0.225. The molecule has 1 amide bonds. The van der Waals surface area contributed by atoms with E-state index in [4.69, 9.17) is 17.3 Å². The first-order valence-corrected chi connectivity index (χ1v) is 6.35. The van der Waals surface area contributed by atoms with E-state index in [1.165, 1.54) is 0 Å². The predicted octanol–water partition coefficient (Wildman–Crippen LogP) is 3.94. The Kier molecular flexibility index (Phi) is 3.89. The molecule has 2 rings (SSSR count). The van der Waals surface area contributed by atoms with Gasteiger partial charge in [0, 0.05) is 15.7 Å². The second-order valence-corrected chi connectivity index (χ2v) is 5.02. The van der Waals surface area contributed by atoms with Crippen LogP contribution in [-0.2, 0) is 0 Å². The quantitative estimate of drug-likeness (QED) is 0.822. The van der Waals surface area contributed by atoms with Gasteiger partial charge < -0.3 is 11.1 Å². The van der Waals surface area contributed by atoms with Crippen LogP contribution in [0.3, 0.4) is 0 Å². The van der Waals surface area contributed by atoms with Crippen molar-refractivity contribution in [2.45, 2.75) is 0 Å². The van der Waals surface area contributed by atoms with Crippen LogP contribution in [0.2, 0.25) is 5.02 Å². The number of nitrogens with one attached hydrogen (secondary N) is 1. The van der Waals surface area contributed by atoms with Crippen LogP contribution >= 0.6 is 27.5 Å². The average Bonchev–Trinajstić information content (AvgIpc) is 2.32. The first kappa shape index (κ1) is 12.9. The topological polar surface area (TPSA) is 55.1 Å². The summed E-state index contributed by atoms with van der Waals surface area (Å²) in [6.07, 6.45) is 0. The van der Waals surface area contributed by atoms with Gasteiger partial charge in [-0.05, 0) is 36.4 Å². The monoisotopic (exact) mass is 324 g/mol. The Morgan fingerprint density at radius 1 is 1.22 bits per heavy atom. The molecule has 2 aromatic rings. The van der Waals surface area contributed by atoms with Crippen LogP contribution in [0, 0.1) is 0 Å². The third kappa shape index (κ3) is 3.03. The van der Waals surface area contributed by atoms with Gasteiger partial charge in [0.25, 0.3) is 5.91 Å². The van der Waals surface area contributed by atoms with Gasteiger partial charge in [-0.25, -0.2) is 0 Å². The van der Waals surface area contributed by atoms with Gasteiger partial charge >= 0.3 is 0 Å². The third-order valence-electron chi connectivity index (χ3n) is 2.34. The summed E-state index contributed by atoms with van der Waals surface area (Å²) in [6.45, 7) is 0. The molecule has 0 fully saturated rings. The molecule has 0 bridgehead atoms. The number of anilines is 2. The van der Waals surface area contributed by atoms with Gasteiger partial charge in [0.2, 0.25) is 0 Å². The standard InChI is InChI=1S/C13H10BrClN2O/c14-9-2-1-3-10(7-9)17-13(18)8-4-5-11(15)12(16)6-8/h1-7H,16H2,(H,17,18). The first-order valence-electron chi connectivity index (χ1n) is 5.18. The summed E-state index contributed by atoms with van der Waals surface area (Å²) in [7, 11) is 0. The van der Waals surface area contributed by atoms with Crippen LogP contribution in [0.15, 0.2) is 46.9 Å². The van der Waals surface area contributed by atoms with Crippen molar-refractivity contribution >= 4 is 44.8 Å². The van der Waals surface area contributed by atoms with Crippen LogP contribution < -0.4 is 11.1 Å². The van der Waals surface area contributed by atoms with Gasteiger partial charge in [-0.15, -0.1) is 0 Å². The molecular formula is C13H10BrClN2O. The molecule has 3 N–H and O–H groups in total. The molecule has 3 nitrogen and oxygen atoms in total. The van der Waals surface area contributed by atoms with E-state index in [0.717, 1.165) is 4.47 Å². The SMILES string of the molecule is Nc1cc(C(=O)Nc2cccc(Br)c2)ccc1Cl. The largest absolute Gasteiger partial charge is 0.398 e. The average molecular weight is 326 g/mol. The zero-order chi connectivity index (χ0) is 13.1. The lowest BCUT2D eigenvalue weighted by Gasteiger charge is -2.06. The number of carbonyl (C=O) groups excluding carboxylic acids is 1. The van der Waals surface area contributed by atoms with E-state index in [0.29, 0.717) is 22.0 Å². The molecule has 0 unspecified atom stereocenters. The van der Waals surface area contributed by atoms with Crippen molar-refractivity contribution in [3.63, 3.8) is 0 Å². The Hall–Kier alpha value is -1.52.